The Morgan fingerprint density at radius 1 is 1.19 bits per heavy atom. The maximum absolute atomic E-state index is 12.4. The van der Waals surface area contributed by atoms with E-state index in [2.05, 4.69) is 11.4 Å². The zero-order valence-electron chi connectivity index (χ0n) is 15.7. The minimum absolute atomic E-state index is 0.0364. The van der Waals surface area contributed by atoms with Crippen molar-refractivity contribution in [3.05, 3.63) is 53.6 Å². The van der Waals surface area contributed by atoms with Crippen molar-refractivity contribution in [3.63, 3.8) is 0 Å². The van der Waals surface area contributed by atoms with E-state index in [0.717, 1.165) is 22.6 Å². The quantitative estimate of drug-likeness (QED) is 0.886. The highest BCUT2D eigenvalue weighted by Gasteiger charge is 2.34. The standard InChI is InChI=1S/C21H25NO4/c1-14-5-10-19-17(11-14)18(12-21(2,3)26-19)22-20(23)13-25-16-8-6-15(24-4)7-9-16/h5-11,18H,12-13H2,1-4H3,(H,22,23)/t18-/m0/s1. The minimum atomic E-state index is -0.336. The molecule has 1 heterocycles. The smallest absolute Gasteiger partial charge is 0.258 e. The lowest BCUT2D eigenvalue weighted by atomic mass is 9.89. The van der Waals surface area contributed by atoms with Gasteiger partial charge in [-0.2, -0.15) is 0 Å². The van der Waals surface area contributed by atoms with E-state index >= 15 is 0 Å². The molecule has 0 bridgehead atoms. The predicted octanol–water partition coefficient (Wildman–Crippen LogP) is 3.80. The molecule has 3 rings (SSSR count). The summed E-state index contributed by atoms with van der Waals surface area (Å²) in [5.41, 5.74) is 1.82. The second kappa shape index (κ2) is 7.28. The Morgan fingerprint density at radius 2 is 1.88 bits per heavy atom. The molecule has 1 aliphatic heterocycles. The number of carbonyl (C=O) groups excluding carboxylic acids is 1. The van der Waals surface area contributed by atoms with Crippen molar-refractivity contribution in [1.82, 2.24) is 5.32 Å². The highest BCUT2D eigenvalue weighted by Crippen LogP contribution is 2.39. The van der Waals surface area contributed by atoms with Crippen LogP contribution in [0.5, 0.6) is 17.2 Å². The van der Waals surface area contributed by atoms with Gasteiger partial charge in [0.15, 0.2) is 6.61 Å². The van der Waals surface area contributed by atoms with E-state index < -0.39 is 0 Å². The number of fused-ring (bicyclic) bond motifs is 1. The first-order chi connectivity index (χ1) is 12.4. The van der Waals surface area contributed by atoms with E-state index in [1.807, 2.05) is 32.9 Å². The van der Waals surface area contributed by atoms with Crippen molar-refractivity contribution in [2.45, 2.75) is 38.8 Å². The van der Waals surface area contributed by atoms with Crippen LogP contribution in [0.25, 0.3) is 0 Å². The topological polar surface area (TPSA) is 56.8 Å². The Morgan fingerprint density at radius 3 is 2.58 bits per heavy atom. The number of rotatable bonds is 5. The molecule has 2 aromatic carbocycles. The molecule has 0 saturated carbocycles. The second-order valence-corrected chi connectivity index (χ2v) is 7.19. The maximum Gasteiger partial charge on any atom is 0.258 e. The molecule has 0 unspecified atom stereocenters. The Kier molecular flexibility index (Phi) is 5.07. The van der Waals surface area contributed by atoms with Crippen LogP contribution >= 0.6 is 0 Å². The summed E-state index contributed by atoms with van der Waals surface area (Å²) in [6, 6.07) is 13.1. The Labute approximate surface area is 154 Å². The summed E-state index contributed by atoms with van der Waals surface area (Å²) in [5.74, 6) is 2.05. The van der Waals surface area contributed by atoms with E-state index in [1.54, 1.807) is 31.4 Å². The van der Waals surface area contributed by atoms with Crippen LogP contribution in [0.2, 0.25) is 0 Å². The van der Waals surface area contributed by atoms with E-state index in [-0.39, 0.29) is 24.2 Å². The number of aryl methyl sites for hydroxylation is 1. The van der Waals surface area contributed by atoms with Gasteiger partial charge in [0.25, 0.3) is 5.91 Å². The monoisotopic (exact) mass is 355 g/mol. The predicted molar refractivity (Wildman–Crippen MR) is 99.9 cm³/mol. The molecular formula is C21H25NO4. The molecule has 2 aromatic rings. The van der Waals surface area contributed by atoms with E-state index in [9.17, 15) is 4.79 Å². The fraction of sp³-hybridized carbons (Fsp3) is 0.381. The van der Waals surface area contributed by atoms with E-state index in [4.69, 9.17) is 14.2 Å². The number of amides is 1. The fourth-order valence-electron chi connectivity index (χ4n) is 3.16. The Balaban J connectivity index is 1.65. The van der Waals surface area contributed by atoms with Gasteiger partial charge in [0.2, 0.25) is 0 Å². The molecule has 1 N–H and O–H groups in total. The summed E-state index contributed by atoms with van der Waals surface area (Å²) in [7, 11) is 1.61. The van der Waals surface area contributed by atoms with E-state index in [1.165, 1.54) is 0 Å². The Hall–Kier alpha value is -2.69. The largest absolute Gasteiger partial charge is 0.497 e. The summed E-state index contributed by atoms with van der Waals surface area (Å²) >= 11 is 0. The summed E-state index contributed by atoms with van der Waals surface area (Å²) in [4.78, 5) is 12.4. The minimum Gasteiger partial charge on any atom is -0.497 e. The zero-order valence-corrected chi connectivity index (χ0v) is 15.7. The lowest BCUT2D eigenvalue weighted by molar-refractivity contribution is -0.124. The van der Waals surface area contributed by atoms with Crippen LogP contribution in [0.1, 0.15) is 37.4 Å². The molecule has 138 valence electrons. The van der Waals surface area contributed by atoms with Crippen LogP contribution in [0.4, 0.5) is 0 Å². The first-order valence-corrected chi connectivity index (χ1v) is 8.72. The van der Waals surface area contributed by atoms with Gasteiger partial charge < -0.3 is 19.5 Å². The van der Waals surface area contributed by atoms with Gasteiger partial charge in [-0.25, -0.2) is 0 Å². The molecule has 1 amide bonds. The second-order valence-electron chi connectivity index (χ2n) is 7.19. The number of carbonyl (C=O) groups is 1. The van der Waals surface area contributed by atoms with Crippen molar-refractivity contribution >= 4 is 5.91 Å². The van der Waals surface area contributed by atoms with Crippen molar-refractivity contribution in [3.8, 4) is 17.2 Å². The number of nitrogens with one attached hydrogen (secondary N) is 1. The molecule has 0 aromatic heterocycles. The lowest BCUT2D eigenvalue weighted by Gasteiger charge is -2.38. The summed E-state index contributed by atoms with van der Waals surface area (Å²) in [6.45, 7) is 6.06. The van der Waals surface area contributed by atoms with Gasteiger partial charge in [0.1, 0.15) is 22.8 Å². The molecule has 0 saturated heterocycles. The van der Waals surface area contributed by atoms with Gasteiger partial charge in [0.05, 0.1) is 13.2 Å². The molecule has 5 nitrogen and oxygen atoms in total. The summed E-state index contributed by atoms with van der Waals surface area (Å²) in [5, 5.41) is 3.08. The molecular weight excluding hydrogens is 330 g/mol. The highest BCUT2D eigenvalue weighted by molar-refractivity contribution is 5.78. The highest BCUT2D eigenvalue weighted by atomic mass is 16.5. The molecule has 1 atom stereocenters. The van der Waals surface area contributed by atoms with Crippen LogP contribution in [0, 0.1) is 6.92 Å². The molecule has 0 radical (unpaired) electrons. The average Bonchev–Trinajstić information content (AvgIpc) is 2.60. The van der Waals surface area contributed by atoms with Gasteiger partial charge >= 0.3 is 0 Å². The van der Waals surface area contributed by atoms with Crippen molar-refractivity contribution in [1.29, 1.82) is 0 Å². The zero-order chi connectivity index (χ0) is 18.7. The van der Waals surface area contributed by atoms with Crippen LogP contribution in [-0.4, -0.2) is 25.2 Å². The third kappa shape index (κ3) is 4.28. The van der Waals surface area contributed by atoms with Gasteiger partial charge in [-0.05, 0) is 51.1 Å². The summed E-state index contributed by atoms with van der Waals surface area (Å²) in [6.07, 6.45) is 0.706. The molecule has 0 aliphatic carbocycles. The van der Waals surface area contributed by atoms with Crippen LogP contribution in [-0.2, 0) is 4.79 Å². The number of methoxy groups -OCH3 is 1. The van der Waals surface area contributed by atoms with Gasteiger partial charge in [-0.1, -0.05) is 17.7 Å². The van der Waals surface area contributed by atoms with Crippen molar-refractivity contribution in [2.75, 3.05) is 13.7 Å². The molecule has 0 spiro atoms. The molecule has 5 heteroatoms. The molecule has 1 aliphatic rings. The van der Waals surface area contributed by atoms with Crippen LogP contribution in [0.15, 0.2) is 42.5 Å². The maximum atomic E-state index is 12.4. The summed E-state index contributed by atoms with van der Waals surface area (Å²) < 4.78 is 16.7. The first-order valence-electron chi connectivity index (χ1n) is 8.72. The SMILES string of the molecule is COc1ccc(OCC(=O)N[C@H]2CC(C)(C)Oc3ccc(C)cc32)cc1. The number of benzene rings is 2. The normalized spacial score (nSPS) is 17.6. The van der Waals surface area contributed by atoms with Crippen LogP contribution in [0.3, 0.4) is 0 Å². The lowest BCUT2D eigenvalue weighted by Crippen LogP contribution is -2.42. The van der Waals surface area contributed by atoms with Crippen LogP contribution < -0.4 is 19.5 Å². The number of ether oxygens (including phenoxy) is 3. The average molecular weight is 355 g/mol. The third-order valence-electron chi connectivity index (χ3n) is 4.39. The fourth-order valence-corrected chi connectivity index (χ4v) is 3.16. The van der Waals surface area contributed by atoms with Crippen molar-refractivity contribution < 1.29 is 19.0 Å². The molecule has 0 fully saturated rings. The van der Waals surface area contributed by atoms with Crippen molar-refractivity contribution in [2.24, 2.45) is 0 Å². The van der Waals surface area contributed by atoms with Gasteiger partial charge in [-0.3, -0.25) is 4.79 Å². The van der Waals surface area contributed by atoms with Gasteiger partial charge in [-0.15, -0.1) is 0 Å². The number of hydrogen-bond donors (Lipinski definition) is 1. The Bertz CT molecular complexity index is 783. The van der Waals surface area contributed by atoms with Gasteiger partial charge in [0, 0.05) is 12.0 Å². The third-order valence-corrected chi connectivity index (χ3v) is 4.39. The first kappa shape index (κ1) is 18.1. The molecule has 26 heavy (non-hydrogen) atoms. The van der Waals surface area contributed by atoms with E-state index in [0.29, 0.717) is 12.2 Å². The number of hydrogen-bond acceptors (Lipinski definition) is 4.